The van der Waals surface area contributed by atoms with Crippen molar-refractivity contribution in [3.8, 4) is 0 Å². The molecule has 0 bridgehead atoms. The highest BCUT2D eigenvalue weighted by Gasteiger charge is 2.34. The van der Waals surface area contributed by atoms with Crippen LogP contribution >= 0.6 is 11.6 Å². The Balaban J connectivity index is 1.88. The van der Waals surface area contributed by atoms with E-state index in [2.05, 4.69) is 10.4 Å². The first-order valence-corrected chi connectivity index (χ1v) is 9.47. The molecular weight excluding hydrogens is 378 g/mol. The summed E-state index contributed by atoms with van der Waals surface area (Å²) in [5.41, 5.74) is 5.68. The number of ketones is 1. The van der Waals surface area contributed by atoms with Crippen LogP contribution in [-0.2, 0) is 14.3 Å². The summed E-state index contributed by atoms with van der Waals surface area (Å²) in [5.74, 6) is -0.294. The molecule has 0 spiro atoms. The Kier molecular flexibility index (Phi) is 6.44. The van der Waals surface area contributed by atoms with Gasteiger partial charge in [0.2, 0.25) is 5.78 Å². The van der Waals surface area contributed by atoms with E-state index >= 15 is 0 Å². The number of ether oxygens (including phenoxy) is 1. The number of aryl methyl sites for hydroxylation is 1. The quantitative estimate of drug-likeness (QED) is 0.775. The zero-order chi connectivity index (χ0) is 20.1. The Morgan fingerprint density at radius 2 is 1.89 bits per heavy atom. The Hall–Kier alpha value is -2.70. The lowest BCUT2D eigenvalue weighted by Gasteiger charge is -2.36. The van der Waals surface area contributed by atoms with E-state index in [1.54, 1.807) is 24.1 Å². The normalized spacial score (nSPS) is 18.8. The van der Waals surface area contributed by atoms with E-state index in [9.17, 15) is 9.59 Å². The van der Waals surface area contributed by atoms with Crippen molar-refractivity contribution in [2.45, 2.75) is 26.3 Å². The average molecular weight is 400 g/mol. The predicted octanol–water partition coefficient (Wildman–Crippen LogP) is 3.76. The van der Waals surface area contributed by atoms with Crippen molar-refractivity contribution in [1.29, 1.82) is 0 Å². The lowest BCUT2D eigenvalue weighted by atomic mass is 9.98. The molecule has 0 aliphatic carbocycles. The zero-order valence-corrected chi connectivity index (χ0v) is 16.6. The maximum absolute atomic E-state index is 12.7. The van der Waals surface area contributed by atoms with E-state index in [0.717, 1.165) is 11.1 Å². The fraction of sp³-hybridized carbons (Fsp3) is 0.286. The summed E-state index contributed by atoms with van der Waals surface area (Å²) in [5, 5.41) is 2.30. The number of Topliss-reactive ketones (excluding diaryl/α,β-unsaturated/α-hetero) is 1. The Morgan fingerprint density at radius 3 is 2.54 bits per heavy atom. The van der Waals surface area contributed by atoms with Crippen LogP contribution in [0.15, 0.2) is 53.5 Å². The second-order valence-electron chi connectivity index (χ2n) is 6.54. The molecule has 28 heavy (non-hydrogen) atoms. The van der Waals surface area contributed by atoms with Crippen LogP contribution in [-0.4, -0.2) is 35.7 Å². The lowest BCUT2D eigenvalue weighted by Crippen LogP contribution is -2.54. The van der Waals surface area contributed by atoms with Gasteiger partial charge in [0, 0.05) is 11.4 Å². The molecule has 3 rings (SSSR count). The number of carbonyl (C=O) groups excluding carboxylic acids is 2. The van der Waals surface area contributed by atoms with Gasteiger partial charge in [0.1, 0.15) is 6.54 Å². The van der Waals surface area contributed by atoms with E-state index in [-0.39, 0.29) is 36.6 Å². The SMILES string of the molecule is CCOC(=O)CN1NC(=Nc2ccc(C)cc2)C(=O)CC1c1ccc(Cl)cc1. The Bertz CT molecular complexity index is 879. The Morgan fingerprint density at radius 1 is 1.21 bits per heavy atom. The van der Waals surface area contributed by atoms with Gasteiger partial charge >= 0.3 is 5.97 Å². The average Bonchev–Trinajstić information content (AvgIpc) is 2.67. The maximum Gasteiger partial charge on any atom is 0.322 e. The lowest BCUT2D eigenvalue weighted by molar-refractivity contribution is -0.146. The van der Waals surface area contributed by atoms with Gasteiger partial charge in [-0.15, -0.1) is 0 Å². The minimum Gasteiger partial charge on any atom is -0.465 e. The second-order valence-corrected chi connectivity index (χ2v) is 6.97. The first-order chi connectivity index (χ1) is 13.5. The molecule has 6 nitrogen and oxygen atoms in total. The van der Waals surface area contributed by atoms with Crippen LogP contribution in [0.2, 0.25) is 5.02 Å². The number of benzene rings is 2. The number of aliphatic imine (C=N–C) groups is 1. The topological polar surface area (TPSA) is 71.0 Å². The molecule has 0 amide bonds. The van der Waals surface area contributed by atoms with Gasteiger partial charge in [0.05, 0.1) is 18.3 Å². The molecule has 0 radical (unpaired) electrons. The molecule has 1 aliphatic rings. The molecule has 2 aromatic carbocycles. The van der Waals surface area contributed by atoms with Crippen molar-refractivity contribution >= 4 is 34.9 Å². The third kappa shape index (κ3) is 4.97. The fourth-order valence-corrected chi connectivity index (χ4v) is 3.10. The summed E-state index contributed by atoms with van der Waals surface area (Å²) in [7, 11) is 0. The van der Waals surface area contributed by atoms with E-state index in [0.29, 0.717) is 17.3 Å². The number of esters is 1. The van der Waals surface area contributed by atoms with Crippen molar-refractivity contribution in [3.05, 3.63) is 64.7 Å². The van der Waals surface area contributed by atoms with Crippen LogP contribution in [0.3, 0.4) is 0 Å². The zero-order valence-electron chi connectivity index (χ0n) is 15.8. The fourth-order valence-electron chi connectivity index (χ4n) is 2.97. The molecule has 1 aliphatic heterocycles. The molecule has 1 fully saturated rings. The molecular formula is C21H22ClN3O3. The molecule has 146 valence electrons. The highest BCUT2D eigenvalue weighted by atomic mass is 35.5. The number of rotatable bonds is 5. The molecule has 2 aromatic rings. The van der Waals surface area contributed by atoms with Gasteiger partial charge in [-0.25, -0.2) is 10.0 Å². The number of halogens is 1. The summed E-state index contributed by atoms with van der Waals surface area (Å²) in [6.07, 6.45) is 0.193. The minimum atomic E-state index is -0.377. The number of hydrogen-bond acceptors (Lipinski definition) is 5. The molecule has 0 aromatic heterocycles. The number of nitrogens with zero attached hydrogens (tertiary/aromatic N) is 2. The summed E-state index contributed by atoms with van der Waals surface area (Å²) in [4.78, 5) is 29.2. The first-order valence-electron chi connectivity index (χ1n) is 9.09. The summed E-state index contributed by atoms with van der Waals surface area (Å²) in [6.45, 7) is 4.02. The predicted molar refractivity (Wildman–Crippen MR) is 109 cm³/mol. The number of amidine groups is 1. The maximum atomic E-state index is 12.7. The standard InChI is InChI=1S/C21H22ClN3O3/c1-3-28-20(27)13-25-18(15-6-8-16(22)9-7-15)12-19(26)21(24-25)23-17-10-4-14(2)5-11-17/h4-11,18H,3,12-13H2,1-2H3,(H,23,24). The third-order valence-electron chi connectivity index (χ3n) is 4.40. The van der Waals surface area contributed by atoms with Crippen molar-refractivity contribution in [3.63, 3.8) is 0 Å². The largest absolute Gasteiger partial charge is 0.465 e. The number of nitrogens with one attached hydrogen (secondary N) is 1. The van der Waals surface area contributed by atoms with Gasteiger partial charge in [-0.2, -0.15) is 0 Å². The van der Waals surface area contributed by atoms with Gasteiger partial charge < -0.3 is 4.74 Å². The monoisotopic (exact) mass is 399 g/mol. The highest BCUT2D eigenvalue weighted by Crippen LogP contribution is 2.28. The van der Waals surface area contributed by atoms with E-state index in [1.807, 2.05) is 43.3 Å². The van der Waals surface area contributed by atoms with Crippen LogP contribution in [0.1, 0.15) is 30.5 Å². The Labute approximate surface area is 169 Å². The summed E-state index contributed by atoms with van der Waals surface area (Å²) >= 11 is 5.98. The van der Waals surface area contributed by atoms with Crippen molar-refractivity contribution in [2.24, 2.45) is 4.99 Å². The van der Waals surface area contributed by atoms with Crippen LogP contribution in [0, 0.1) is 6.92 Å². The number of hydrazine groups is 1. The third-order valence-corrected chi connectivity index (χ3v) is 4.65. The van der Waals surface area contributed by atoms with Gasteiger partial charge in [0.15, 0.2) is 5.84 Å². The highest BCUT2D eigenvalue weighted by molar-refractivity contribution is 6.39. The van der Waals surface area contributed by atoms with Crippen molar-refractivity contribution in [1.82, 2.24) is 10.4 Å². The van der Waals surface area contributed by atoms with E-state index < -0.39 is 0 Å². The second kappa shape index (κ2) is 8.99. The van der Waals surface area contributed by atoms with Crippen LogP contribution < -0.4 is 5.43 Å². The van der Waals surface area contributed by atoms with E-state index in [1.165, 1.54) is 0 Å². The van der Waals surface area contributed by atoms with Gasteiger partial charge in [-0.1, -0.05) is 41.4 Å². The summed E-state index contributed by atoms with van der Waals surface area (Å²) in [6, 6.07) is 14.4. The number of carbonyl (C=O) groups is 2. The molecule has 1 saturated heterocycles. The van der Waals surface area contributed by atoms with Gasteiger partial charge in [-0.05, 0) is 43.7 Å². The molecule has 1 unspecified atom stereocenters. The smallest absolute Gasteiger partial charge is 0.322 e. The van der Waals surface area contributed by atoms with Gasteiger partial charge in [-0.3, -0.25) is 15.0 Å². The molecule has 7 heteroatoms. The van der Waals surface area contributed by atoms with Crippen molar-refractivity contribution in [2.75, 3.05) is 13.2 Å². The van der Waals surface area contributed by atoms with Gasteiger partial charge in [0.25, 0.3) is 0 Å². The molecule has 1 heterocycles. The molecule has 1 atom stereocenters. The van der Waals surface area contributed by atoms with E-state index in [4.69, 9.17) is 16.3 Å². The number of hydrogen-bond donors (Lipinski definition) is 1. The first kappa shape index (κ1) is 20.0. The summed E-state index contributed by atoms with van der Waals surface area (Å²) < 4.78 is 5.07. The molecule has 0 saturated carbocycles. The molecule has 1 N–H and O–H groups in total. The minimum absolute atomic E-state index is 0.0126. The van der Waals surface area contributed by atoms with Crippen molar-refractivity contribution < 1.29 is 14.3 Å². The van der Waals surface area contributed by atoms with Crippen LogP contribution in [0.4, 0.5) is 5.69 Å². The van der Waals surface area contributed by atoms with Crippen LogP contribution in [0.25, 0.3) is 0 Å². The van der Waals surface area contributed by atoms with Crippen LogP contribution in [0.5, 0.6) is 0 Å².